The fourth-order valence-electron chi connectivity index (χ4n) is 2.54. The van der Waals surface area contributed by atoms with Crippen molar-refractivity contribution in [2.45, 2.75) is 11.3 Å². The largest absolute Gasteiger partial charge is 0.493 e. The topological polar surface area (TPSA) is 108 Å². The van der Waals surface area contributed by atoms with Crippen molar-refractivity contribution in [1.29, 1.82) is 0 Å². The van der Waals surface area contributed by atoms with E-state index in [4.69, 9.17) is 0 Å². The molecule has 0 saturated heterocycles. The van der Waals surface area contributed by atoms with Crippen molar-refractivity contribution in [2.75, 3.05) is 7.11 Å². The van der Waals surface area contributed by atoms with Gasteiger partial charge in [-0.25, -0.2) is 13.2 Å². The molecule has 0 spiro atoms. The second kappa shape index (κ2) is 7.12. The van der Waals surface area contributed by atoms with Crippen LogP contribution in [-0.2, 0) is 26.0 Å². The Hall–Kier alpha value is -3.33. The quantitative estimate of drug-likeness (QED) is 0.660. The highest BCUT2D eigenvalue weighted by Gasteiger charge is 2.25. The molecular weight excluding hydrogens is 372 g/mol. The fourth-order valence-corrected chi connectivity index (χ4v) is 3.82. The molecule has 0 saturated carbocycles. The molecule has 0 unspecified atom stereocenters. The summed E-state index contributed by atoms with van der Waals surface area (Å²) in [6, 6.07) is 13.8. The maximum atomic E-state index is 12.8. The van der Waals surface area contributed by atoms with Crippen LogP contribution in [-0.4, -0.2) is 35.1 Å². The summed E-state index contributed by atoms with van der Waals surface area (Å²) in [7, 11) is -3.06. The Bertz CT molecular complexity index is 1130. The van der Waals surface area contributed by atoms with E-state index in [-0.39, 0.29) is 11.3 Å². The van der Waals surface area contributed by atoms with Crippen LogP contribution in [0.5, 0.6) is 5.88 Å². The number of carbonyl (C=O) groups is 1. The van der Waals surface area contributed by atoms with E-state index in [0.29, 0.717) is 15.2 Å². The Morgan fingerprint density at radius 3 is 2.30 bits per heavy atom. The van der Waals surface area contributed by atoms with E-state index in [2.05, 4.69) is 4.74 Å². The van der Waals surface area contributed by atoms with Crippen LogP contribution < -0.4 is 5.69 Å². The number of imidazole rings is 1. The number of benzene rings is 2. The fraction of sp³-hybridized carbons (Fsp3) is 0.111. The highest BCUT2D eigenvalue weighted by atomic mass is 32.2. The van der Waals surface area contributed by atoms with Gasteiger partial charge in [-0.15, -0.1) is 3.97 Å². The number of ether oxygens (including phenoxy) is 1. The van der Waals surface area contributed by atoms with Gasteiger partial charge in [-0.3, -0.25) is 9.36 Å². The molecule has 0 aliphatic heterocycles. The van der Waals surface area contributed by atoms with Gasteiger partial charge in [0.1, 0.15) is 0 Å². The summed E-state index contributed by atoms with van der Waals surface area (Å²) >= 11 is 0. The van der Waals surface area contributed by atoms with E-state index in [1.54, 1.807) is 30.3 Å². The molecular formula is C18H16N2O6S. The predicted molar refractivity (Wildman–Crippen MR) is 96.4 cm³/mol. The van der Waals surface area contributed by atoms with E-state index in [1.165, 1.54) is 31.4 Å². The van der Waals surface area contributed by atoms with Crippen molar-refractivity contribution < 1.29 is 23.1 Å². The monoisotopic (exact) mass is 388 g/mol. The van der Waals surface area contributed by atoms with Crippen molar-refractivity contribution in [3.8, 4) is 11.6 Å². The van der Waals surface area contributed by atoms with Gasteiger partial charge in [0, 0.05) is 0 Å². The Kier molecular flexibility index (Phi) is 4.87. The Labute approximate surface area is 154 Å². The molecule has 1 N–H and O–H groups in total. The summed E-state index contributed by atoms with van der Waals surface area (Å²) < 4.78 is 31.5. The maximum Gasteiger partial charge on any atom is 0.350 e. The summed E-state index contributed by atoms with van der Waals surface area (Å²) in [4.78, 5) is 23.7. The predicted octanol–water partition coefficient (Wildman–Crippen LogP) is 1.30. The zero-order valence-corrected chi connectivity index (χ0v) is 15.1. The van der Waals surface area contributed by atoms with E-state index < -0.39 is 27.6 Å². The van der Waals surface area contributed by atoms with Crippen molar-refractivity contribution in [2.24, 2.45) is 0 Å². The van der Waals surface area contributed by atoms with Gasteiger partial charge in [-0.05, 0) is 29.8 Å². The van der Waals surface area contributed by atoms with E-state index in [9.17, 15) is 23.1 Å². The van der Waals surface area contributed by atoms with Crippen molar-refractivity contribution >= 4 is 16.0 Å². The molecule has 0 bridgehead atoms. The Balaban J connectivity index is 2.02. The van der Waals surface area contributed by atoms with Crippen molar-refractivity contribution in [3.05, 3.63) is 76.8 Å². The molecule has 3 aromatic rings. The van der Waals surface area contributed by atoms with E-state index in [0.717, 1.165) is 10.8 Å². The molecule has 2 aromatic carbocycles. The van der Waals surface area contributed by atoms with Gasteiger partial charge < -0.3 is 9.84 Å². The molecule has 140 valence electrons. The maximum absolute atomic E-state index is 12.8. The van der Waals surface area contributed by atoms with E-state index in [1.807, 2.05) is 0 Å². The SMILES string of the molecule is COC(=O)Cc1ccc(S(=O)(=O)n2c(O)cn(-c3ccccc3)c2=O)cc1. The van der Waals surface area contributed by atoms with Gasteiger partial charge in [0.25, 0.3) is 10.0 Å². The molecule has 1 aromatic heterocycles. The standard InChI is InChI=1S/C18H16N2O6S/c1-26-17(22)11-13-7-9-15(10-8-13)27(24,25)20-16(21)12-19(18(20)23)14-5-3-2-4-6-14/h2-10,12,21H,11H2,1H3. The normalized spacial score (nSPS) is 11.3. The summed E-state index contributed by atoms with van der Waals surface area (Å²) in [5.41, 5.74) is 0.0525. The molecule has 0 radical (unpaired) electrons. The minimum absolute atomic E-state index is 0.00753. The minimum atomic E-state index is -4.32. The molecule has 0 atom stereocenters. The highest BCUT2D eigenvalue weighted by Crippen LogP contribution is 2.20. The molecule has 9 heteroatoms. The summed E-state index contributed by atoms with van der Waals surface area (Å²) in [5, 5.41) is 10.1. The van der Waals surface area contributed by atoms with Gasteiger partial charge >= 0.3 is 11.7 Å². The number of esters is 1. The molecule has 0 aliphatic rings. The zero-order valence-electron chi connectivity index (χ0n) is 14.3. The van der Waals surface area contributed by atoms with Gasteiger partial charge in [-0.1, -0.05) is 30.3 Å². The smallest absolute Gasteiger partial charge is 0.350 e. The van der Waals surface area contributed by atoms with Gasteiger partial charge in [-0.2, -0.15) is 0 Å². The average molecular weight is 388 g/mol. The Morgan fingerprint density at radius 1 is 1.07 bits per heavy atom. The number of methoxy groups -OCH3 is 1. The number of carbonyl (C=O) groups excluding carboxylic acids is 1. The van der Waals surface area contributed by atoms with Crippen LogP contribution in [0.4, 0.5) is 0 Å². The number of aromatic nitrogens is 2. The van der Waals surface area contributed by atoms with Crippen LogP contribution in [0.15, 0.2) is 70.5 Å². The lowest BCUT2D eigenvalue weighted by Gasteiger charge is -2.07. The van der Waals surface area contributed by atoms with E-state index >= 15 is 0 Å². The van der Waals surface area contributed by atoms with Crippen LogP contribution in [0.3, 0.4) is 0 Å². The number of aromatic hydroxyl groups is 1. The van der Waals surface area contributed by atoms with Crippen molar-refractivity contribution in [3.63, 3.8) is 0 Å². The van der Waals surface area contributed by atoms with Gasteiger partial charge in [0.05, 0.1) is 30.3 Å². The second-order valence-electron chi connectivity index (χ2n) is 5.64. The zero-order chi connectivity index (χ0) is 19.6. The van der Waals surface area contributed by atoms with Crippen LogP contribution >= 0.6 is 0 Å². The number of hydrogen-bond donors (Lipinski definition) is 1. The van der Waals surface area contributed by atoms with Crippen molar-refractivity contribution in [1.82, 2.24) is 8.54 Å². The molecule has 8 nitrogen and oxygen atoms in total. The first-order valence-electron chi connectivity index (χ1n) is 7.84. The molecule has 0 amide bonds. The third-order valence-electron chi connectivity index (χ3n) is 3.90. The number of hydrogen-bond acceptors (Lipinski definition) is 6. The van der Waals surface area contributed by atoms with Crippen LogP contribution in [0, 0.1) is 0 Å². The number of rotatable bonds is 5. The lowest BCUT2D eigenvalue weighted by molar-refractivity contribution is -0.139. The van der Waals surface area contributed by atoms with Crippen LogP contribution in [0.1, 0.15) is 5.56 Å². The summed E-state index contributed by atoms with van der Waals surface area (Å²) in [6.07, 6.45) is 1.03. The molecule has 1 heterocycles. The number of nitrogens with zero attached hydrogens (tertiary/aromatic N) is 2. The molecule has 3 rings (SSSR count). The highest BCUT2D eigenvalue weighted by molar-refractivity contribution is 7.90. The summed E-state index contributed by atoms with van der Waals surface area (Å²) in [5.74, 6) is -1.16. The molecule has 27 heavy (non-hydrogen) atoms. The third kappa shape index (κ3) is 3.49. The molecule has 0 aliphatic carbocycles. The first-order valence-corrected chi connectivity index (χ1v) is 9.28. The third-order valence-corrected chi connectivity index (χ3v) is 5.60. The first kappa shape index (κ1) is 18.5. The molecule has 0 fully saturated rings. The second-order valence-corrected chi connectivity index (χ2v) is 7.43. The lowest BCUT2D eigenvalue weighted by atomic mass is 10.2. The lowest BCUT2D eigenvalue weighted by Crippen LogP contribution is -2.28. The Morgan fingerprint density at radius 2 is 1.70 bits per heavy atom. The first-order chi connectivity index (χ1) is 12.8. The van der Waals surface area contributed by atoms with Crippen LogP contribution in [0.2, 0.25) is 0 Å². The van der Waals surface area contributed by atoms with Gasteiger partial charge in [0.15, 0.2) is 0 Å². The average Bonchev–Trinajstić information content (AvgIpc) is 2.97. The summed E-state index contributed by atoms with van der Waals surface area (Å²) in [6.45, 7) is 0. The number of para-hydroxylation sites is 1. The van der Waals surface area contributed by atoms with Gasteiger partial charge in [0.2, 0.25) is 5.88 Å². The van der Waals surface area contributed by atoms with Crippen LogP contribution in [0.25, 0.3) is 5.69 Å². The minimum Gasteiger partial charge on any atom is -0.493 e.